The molecule has 0 radical (unpaired) electrons. The normalized spacial score (nSPS) is 18.8. The molecule has 33 heavy (non-hydrogen) atoms. The molecule has 2 aliphatic rings. The van der Waals surface area contributed by atoms with Crippen LogP contribution in [0.4, 0.5) is 11.4 Å². The van der Waals surface area contributed by atoms with E-state index in [1.54, 1.807) is 0 Å². The van der Waals surface area contributed by atoms with E-state index in [1.165, 1.54) is 39.0 Å². The lowest BCUT2D eigenvalue weighted by molar-refractivity contribution is -0.444. The second-order valence-electron chi connectivity index (χ2n) is 9.39. The van der Waals surface area contributed by atoms with Gasteiger partial charge < -0.3 is 4.90 Å². The Morgan fingerprint density at radius 3 is 2.45 bits per heavy atom. The van der Waals surface area contributed by atoms with Gasteiger partial charge >= 0.3 is 0 Å². The lowest BCUT2D eigenvalue weighted by Crippen LogP contribution is -2.22. The maximum Gasteiger partial charge on any atom is 0.0969 e. The van der Waals surface area contributed by atoms with Crippen LogP contribution in [0.2, 0.25) is 0 Å². The Morgan fingerprint density at radius 1 is 0.970 bits per heavy atom. The summed E-state index contributed by atoms with van der Waals surface area (Å²) < 4.78 is 1.97. The SMILES string of the molecule is C=[N+]1C(C)=CC(C=CC=C2N(c3ccccc3)c3ccc4ccccc4c3C2(C)C)=C[C-]1C. The summed E-state index contributed by atoms with van der Waals surface area (Å²) in [5.41, 5.74) is 7.29. The molecule has 164 valence electrons. The number of benzene rings is 3. The maximum absolute atomic E-state index is 4.09. The van der Waals surface area contributed by atoms with Gasteiger partial charge in [0.2, 0.25) is 0 Å². The molecule has 0 aliphatic carbocycles. The first-order valence-electron chi connectivity index (χ1n) is 11.5. The first-order valence-corrected chi connectivity index (χ1v) is 11.5. The topological polar surface area (TPSA) is 6.25 Å². The summed E-state index contributed by atoms with van der Waals surface area (Å²) >= 11 is 0. The molecule has 3 aromatic rings. The minimum absolute atomic E-state index is 0.144. The van der Waals surface area contributed by atoms with Crippen molar-refractivity contribution >= 4 is 28.9 Å². The highest BCUT2D eigenvalue weighted by molar-refractivity contribution is 5.96. The fourth-order valence-corrected chi connectivity index (χ4v) is 5.08. The van der Waals surface area contributed by atoms with Gasteiger partial charge in [0.15, 0.2) is 0 Å². The van der Waals surface area contributed by atoms with Crippen molar-refractivity contribution in [2.24, 2.45) is 0 Å². The van der Waals surface area contributed by atoms with Gasteiger partial charge in [0.05, 0.1) is 24.1 Å². The van der Waals surface area contributed by atoms with Crippen molar-refractivity contribution in [2.75, 3.05) is 4.90 Å². The molecule has 0 saturated heterocycles. The molecule has 0 saturated carbocycles. The van der Waals surface area contributed by atoms with Gasteiger partial charge in [-0.05, 0) is 54.5 Å². The molecule has 0 atom stereocenters. The Hall–Kier alpha value is -3.78. The van der Waals surface area contributed by atoms with E-state index < -0.39 is 0 Å². The number of para-hydroxylation sites is 1. The minimum atomic E-state index is -0.144. The van der Waals surface area contributed by atoms with Crippen LogP contribution in [0.1, 0.15) is 33.3 Å². The van der Waals surface area contributed by atoms with Gasteiger partial charge in [0.25, 0.3) is 0 Å². The third-order valence-electron chi connectivity index (χ3n) is 6.81. The molecule has 0 spiro atoms. The van der Waals surface area contributed by atoms with Crippen LogP contribution in [0.25, 0.3) is 10.8 Å². The number of hydrogen-bond donors (Lipinski definition) is 0. The summed E-state index contributed by atoms with van der Waals surface area (Å²) in [5, 5.41) is 2.61. The molecular formula is C31H30N2. The summed E-state index contributed by atoms with van der Waals surface area (Å²) in [4.78, 5) is 2.41. The van der Waals surface area contributed by atoms with Crippen LogP contribution in [-0.2, 0) is 5.41 Å². The second-order valence-corrected chi connectivity index (χ2v) is 9.39. The quantitative estimate of drug-likeness (QED) is 0.303. The first-order chi connectivity index (χ1) is 15.9. The molecule has 5 rings (SSSR count). The molecule has 2 heteroatoms. The highest BCUT2D eigenvalue weighted by Crippen LogP contribution is 2.53. The Kier molecular flexibility index (Phi) is 5.09. The number of anilines is 2. The summed E-state index contributed by atoms with van der Waals surface area (Å²) in [6, 6.07) is 25.0. The van der Waals surface area contributed by atoms with Crippen LogP contribution in [0.15, 0.2) is 114 Å². The standard InChI is InChI=1S/C31H30N2/c1-22-20-24(21-23(2)32(22)5)12-11-17-29-31(3,4)30-27-16-10-9-13-25(27)18-19-28(30)33(29)26-14-7-6-8-15-26/h6-21H,5H2,1-4H3. The van der Waals surface area contributed by atoms with Crippen molar-refractivity contribution < 1.29 is 4.58 Å². The Labute approximate surface area is 197 Å². The zero-order chi connectivity index (χ0) is 23.2. The maximum atomic E-state index is 4.09. The van der Waals surface area contributed by atoms with Crippen LogP contribution in [0.5, 0.6) is 0 Å². The fraction of sp³-hybridized carbons (Fsp3) is 0.161. The van der Waals surface area contributed by atoms with Gasteiger partial charge in [0, 0.05) is 16.8 Å². The van der Waals surface area contributed by atoms with Crippen LogP contribution in [0.3, 0.4) is 0 Å². The van der Waals surface area contributed by atoms with Crippen LogP contribution in [-0.4, -0.2) is 11.3 Å². The average Bonchev–Trinajstić information content (AvgIpc) is 3.04. The predicted molar refractivity (Wildman–Crippen MR) is 141 cm³/mol. The molecule has 0 unspecified atom stereocenters. The highest BCUT2D eigenvalue weighted by Gasteiger charge is 2.41. The molecular weight excluding hydrogens is 400 g/mol. The van der Waals surface area contributed by atoms with Gasteiger partial charge in [-0.25, -0.2) is 0 Å². The summed E-state index contributed by atoms with van der Waals surface area (Å²) in [6.07, 6.45) is 11.0. The largest absolute Gasteiger partial charge is 0.313 e. The summed E-state index contributed by atoms with van der Waals surface area (Å²) in [6.45, 7) is 12.9. The van der Waals surface area contributed by atoms with Crippen molar-refractivity contribution in [3.63, 3.8) is 0 Å². The van der Waals surface area contributed by atoms with Gasteiger partial charge in [-0.2, -0.15) is 0 Å². The zero-order valence-electron chi connectivity index (χ0n) is 19.8. The van der Waals surface area contributed by atoms with Crippen LogP contribution in [0, 0.1) is 6.04 Å². The Balaban J connectivity index is 1.65. The third kappa shape index (κ3) is 3.52. The zero-order valence-corrected chi connectivity index (χ0v) is 19.8. The van der Waals surface area contributed by atoms with Crippen molar-refractivity contribution in [3.05, 3.63) is 126 Å². The molecule has 0 bridgehead atoms. The average molecular weight is 431 g/mol. The monoisotopic (exact) mass is 430 g/mol. The molecule has 0 amide bonds. The first kappa shape index (κ1) is 21.1. The Morgan fingerprint density at radius 2 is 1.70 bits per heavy atom. The molecule has 2 heterocycles. The van der Waals surface area contributed by atoms with Gasteiger partial charge in [-0.1, -0.05) is 92.3 Å². The van der Waals surface area contributed by atoms with Crippen LogP contribution < -0.4 is 4.90 Å². The van der Waals surface area contributed by atoms with E-state index in [-0.39, 0.29) is 5.41 Å². The van der Waals surface area contributed by atoms with E-state index in [0.29, 0.717) is 0 Å². The van der Waals surface area contributed by atoms with Gasteiger partial charge in [0.1, 0.15) is 0 Å². The van der Waals surface area contributed by atoms with Crippen molar-refractivity contribution in [1.29, 1.82) is 0 Å². The number of nitrogens with zero attached hydrogens (tertiary/aromatic N) is 2. The molecule has 0 aromatic heterocycles. The van der Waals surface area contributed by atoms with E-state index in [1.807, 2.05) is 4.58 Å². The van der Waals surface area contributed by atoms with Crippen LogP contribution >= 0.6 is 0 Å². The number of allylic oxidation sites excluding steroid dienone is 7. The molecule has 2 nitrogen and oxygen atoms in total. The van der Waals surface area contributed by atoms with E-state index in [9.17, 15) is 0 Å². The molecule has 0 N–H and O–H groups in total. The smallest absolute Gasteiger partial charge is 0.0969 e. The minimum Gasteiger partial charge on any atom is -0.313 e. The van der Waals surface area contributed by atoms with Crippen molar-refractivity contribution in [1.82, 2.24) is 0 Å². The molecule has 2 aliphatic heterocycles. The molecule has 3 aromatic carbocycles. The van der Waals surface area contributed by atoms with Crippen molar-refractivity contribution in [3.8, 4) is 0 Å². The second kappa shape index (κ2) is 7.97. The van der Waals surface area contributed by atoms with E-state index in [2.05, 4.69) is 136 Å². The number of hydrogen-bond acceptors (Lipinski definition) is 1. The summed E-state index contributed by atoms with van der Waals surface area (Å²) in [5.74, 6) is 0. The highest BCUT2D eigenvalue weighted by atomic mass is 15.2. The van der Waals surface area contributed by atoms with Gasteiger partial charge in [-0.3, -0.25) is 4.58 Å². The number of fused-ring (bicyclic) bond motifs is 3. The van der Waals surface area contributed by atoms with Gasteiger partial charge in [-0.15, -0.1) is 0 Å². The lowest BCUT2D eigenvalue weighted by Gasteiger charge is -2.27. The third-order valence-corrected chi connectivity index (χ3v) is 6.81. The van der Waals surface area contributed by atoms with Crippen molar-refractivity contribution in [2.45, 2.75) is 33.1 Å². The Bertz CT molecular complexity index is 1370. The summed E-state index contributed by atoms with van der Waals surface area (Å²) in [7, 11) is 0. The van der Waals surface area contributed by atoms with E-state index in [0.717, 1.165) is 11.7 Å². The van der Waals surface area contributed by atoms with E-state index in [4.69, 9.17) is 0 Å². The van der Waals surface area contributed by atoms with E-state index >= 15 is 0 Å². The lowest BCUT2D eigenvalue weighted by atomic mass is 9.81. The predicted octanol–water partition coefficient (Wildman–Crippen LogP) is 7.82. The fourth-order valence-electron chi connectivity index (χ4n) is 5.08. The number of rotatable bonds is 3. The molecule has 0 fully saturated rings.